The number of nitrogens with zero attached hydrogens (tertiary/aromatic N) is 4. The second-order valence-corrected chi connectivity index (χ2v) is 8.00. The first-order valence-electron chi connectivity index (χ1n) is 10.0. The van der Waals surface area contributed by atoms with E-state index in [1.807, 2.05) is 6.33 Å². The molecule has 6 heteroatoms. The second-order valence-electron chi connectivity index (χ2n) is 8.00. The normalized spacial score (nSPS) is 20.9. The van der Waals surface area contributed by atoms with Crippen molar-refractivity contribution in [2.75, 3.05) is 13.1 Å². The summed E-state index contributed by atoms with van der Waals surface area (Å²) in [5.41, 5.74) is 0. The van der Waals surface area contributed by atoms with Crippen LogP contribution in [0, 0.1) is 5.92 Å². The lowest BCUT2D eigenvalue weighted by molar-refractivity contribution is -0.122. The average molecular weight is 348 g/mol. The van der Waals surface area contributed by atoms with Gasteiger partial charge >= 0.3 is 0 Å². The Balaban J connectivity index is 1.43. The smallest absolute Gasteiger partial charge is 0.220 e. The van der Waals surface area contributed by atoms with E-state index in [1.165, 1.54) is 32.1 Å². The van der Waals surface area contributed by atoms with Crippen molar-refractivity contribution in [3.8, 4) is 0 Å². The SMILES string of the molecule is CC(C)N1CCC(CC(=O)NCc2nncn2C2CCCCC2)CC1. The van der Waals surface area contributed by atoms with Crippen LogP contribution < -0.4 is 5.32 Å². The van der Waals surface area contributed by atoms with Crippen molar-refractivity contribution in [3.63, 3.8) is 0 Å². The van der Waals surface area contributed by atoms with Crippen LogP contribution in [0.15, 0.2) is 6.33 Å². The summed E-state index contributed by atoms with van der Waals surface area (Å²) in [6.45, 7) is 7.22. The standard InChI is InChI=1S/C19H33N5O/c1-15(2)23-10-8-16(9-11-23)12-19(25)20-13-18-22-21-14-24(18)17-6-4-3-5-7-17/h14-17H,3-13H2,1-2H3,(H,20,25). The van der Waals surface area contributed by atoms with Crippen molar-refractivity contribution in [2.24, 2.45) is 5.92 Å². The van der Waals surface area contributed by atoms with Gasteiger partial charge in [0.05, 0.1) is 6.54 Å². The Morgan fingerprint density at radius 2 is 1.92 bits per heavy atom. The Kier molecular flexibility index (Phi) is 6.45. The number of carbonyl (C=O) groups is 1. The summed E-state index contributed by atoms with van der Waals surface area (Å²) >= 11 is 0. The maximum atomic E-state index is 12.3. The van der Waals surface area contributed by atoms with Crippen LogP contribution in [0.5, 0.6) is 0 Å². The Hall–Kier alpha value is -1.43. The predicted octanol–water partition coefficient (Wildman–Crippen LogP) is 2.91. The van der Waals surface area contributed by atoms with Crippen molar-refractivity contribution >= 4 is 5.91 Å². The molecule has 1 aliphatic heterocycles. The Morgan fingerprint density at radius 3 is 2.60 bits per heavy atom. The first kappa shape index (κ1) is 18.4. The number of hydrogen-bond acceptors (Lipinski definition) is 4. The van der Waals surface area contributed by atoms with Crippen LogP contribution in [0.1, 0.15) is 77.1 Å². The molecule has 0 aromatic carbocycles. The minimum Gasteiger partial charge on any atom is -0.349 e. The summed E-state index contributed by atoms with van der Waals surface area (Å²) in [7, 11) is 0. The topological polar surface area (TPSA) is 63.1 Å². The second kappa shape index (κ2) is 8.79. The largest absolute Gasteiger partial charge is 0.349 e. The highest BCUT2D eigenvalue weighted by molar-refractivity contribution is 5.76. The number of nitrogens with one attached hydrogen (secondary N) is 1. The molecule has 140 valence electrons. The number of carbonyl (C=O) groups excluding carboxylic acids is 1. The maximum absolute atomic E-state index is 12.3. The molecule has 2 aliphatic rings. The Bertz CT molecular complexity index is 542. The molecule has 6 nitrogen and oxygen atoms in total. The van der Waals surface area contributed by atoms with E-state index in [-0.39, 0.29) is 5.91 Å². The van der Waals surface area contributed by atoms with Crippen LogP contribution in [0.4, 0.5) is 0 Å². The number of piperidine rings is 1. The van der Waals surface area contributed by atoms with E-state index in [1.54, 1.807) is 0 Å². The molecule has 2 fully saturated rings. The van der Waals surface area contributed by atoms with Crippen LogP contribution >= 0.6 is 0 Å². The van der Waals surface area contributed by atoms with Gasteiger partial charge in [0.15, 0.2) is 5.82 Å². The average Bonchev–Trinajstić information content (AvgIpc) is 3.10. The van der Waals surface area contributed by atoms with Gasteiger partial charge in [-0.3, -0.25) is 4.79 Å². The molecular formula is C19H33N5O. The minimum absolute atomic E-state index is 0.154. The van der Waals surface area contributed by atoms with Crippen LogP contribution in [0.2, 0.25) is 0 Å². The van der Waals surface area contributed by atoms with Gasteiger partial charge in [0.1, 0.15) is 6.33 Å². The van der Waals surface area contributed by atoms with Crippen LogP contribution in [0.3, 0.4) is 0 Å². The molecule has 1 saturated heterocycles. The minimum atomic E-state index is 0.154. The van der Waals surface area contributed by atoms with Gasteiger partial charge in [-0.2, -0.15) is 0 Å². The third-order valence-corrected chi connectivity index (χ3v) is 5.91. The highest BCUT2D eigenvalue weighted by atomic mass is 16.1. The fourth-order valence-electron chi connectivity index (χ4n) is 4.24. The summed E-state index contributed by atoms with van der Waals surface area (Å²) in [5, 5.41) is 11.4. The Labute approximate surface area is 151 Å². The summed E-state index contributed by atoms with van der Waals surface area (Å²) in [5.74, 6) is 1.57. The molecule has 1 aliphatic carbocycles. The van der Waals surface area contributed by atoms with Gasteiger partial charge in [0.2, 0.25) is 5.91 Å². The van der Waals surface area contributed by atoms with Gasteiger partial charge < -0.3 is 14.8 Å². The number of rotatable bonds is 6. The van der Waals surface area contributed by atoms with Crippen LogP contribution in [-0.2, 0) is 11.3 Å². The van der Waals surface area contributed by atoms with E-state index in [9.17, 15) is 4.79 Å². The number of hydrogen-bond donors (Lipinski definition) is 1. The Morgan fingerprint density at radius 1 is 1.20 bits per heavy atom. The fourth-order valence-corrected chi connectivity index (χ4v) is 4.24. The molecule has 1 aromatic heterocycles. The van der Waals surface area contributed by atoms with Crippen molar-refractivity contribution in [1.29, 1.82) is 0 Å². The summed E-state index contributed by atoms with van der Waals surface area (Å²) in [4.78, 5) is 14.8. The molecule has 3 rings (SSSR count). The zero-order valence-corrected chi connectivity index (χ0v) is 15.8. The van der Waals surface area contributed by atoms with Crippen molar-refractivity contribution in [1.82, 2.24) is 25.0 Å². The monoisotopic (exact) mass is 347 g/mol. The molecule has 1 amide bonds. The van der Waals surface area contributed by atoms with E-state index in [0.717, 1.165) is 31.8 Å². The highest BCUT2D eigenvalue weighted by Gasteiger charge is 2.23. The predicted molar refractivity (Wildman–Crippen MR) is 98.0 cm³/mol. The first-order chi connectivity index (χ1) is 12.1. The number of aromatic nitrogens is 3. The van der Waals surface area contributed by atoms with Gasteiger partial charge in [0, 0.05) is 18.5 Å². The highest BCUT2D eigenvalue weighted by Crippen LogP contribution is 2.28. The van der Waals surface area contributed by atoms with Gasteiger partial charge in [-0.15, -0.1) is 10.2 Å². The summed E-state index contributed by atoms with van der Waals surface area (Å²) in [6, 6.07) is 1.12. The van der Waals surface area contributed by atoms with Crippen molar-refractivity contribution in [3.05, 3.63) is 12.2 Å². The van der Waals surface area contributed by atoms with Gasteiger partial charge in [0.25, 0.3) is 0 Å². The molecular weight excluding hydrogens is 314 g/mol. The molecule has 0 atom stereocenters. The van der Waals surface area contributed by atoms with Crippen molar-refractivity contribution < 1.29 is 4.79 Å². The molecule has 0 radical (unpaired) electrons. The fraction of sp³-hybridized carbons (Fsp3) is 0.842. The molecule has 2 heterocycles. The van der Waals surface area contributed by atoms with E-state index in [2.05, 4.69) is 38.8 Å². The maximum Gasteiger partial charge on any atom is 0.220 e. The van der Waals surface area contributed by atoms with Crippen LogP contribution in [-0.4, -0.2) is 44.7 Å². The lowest BCUT2D eigenvalue weighted by Gasteiger charge is -2.34. The molecule has 0 spiro atoms. The number of amides is 1. The lowest BCUT2D eigenvalue weighted by Crippen LogP contribution is -2.39. The molecule has 1 aromatic rings. The molecule has 1 N–H and O–H groups in total. The van der Waals surface area contributed by atoms with E-state index in [0.29, 0.717) is 31.0 Å². The summed E-state index contributed by atoms with van der Waals surface area (Å²) < 4.78 is 2.18. The van der Waals surface area contributed by atoms with E-state index in [4.69, 9.17) is 0 Å². The zero-order valence-electron chi connectivity index (χ0n) is 15.8. The molecule has 0 unspecified atom stereocenters. The number of likely N-dealkylation sites (tertiary alicyclic amines) is 1. The van der Waals surface area contributed by atoms with Gasteiger partial charge in [-0.1, -0.05) is 19.3 Å². The lowest BCUT2D eigenvalue weighted by atomic mass is 9.92. The quantitative estimate of drug-likeness (QED) is 0.859. The molecule has 1 saturated carbocycles. The third kappa shape index (κ3) is 5.03. The van der Waals surface area contributed by atoms with Crippen LogP contribution in [0.25, 0.3) is 0 Å². The van der Waals surface area contributed by atoms with Crippen molar-refractivity contribution in [2.45, 2.75) is 83.8 Å². The van der Waals surface area contributed by atoms with Gasteiger partial charge in [-0.05, 0) is 58.5 Å². The first-order valence-corrected chi connectivity index (χ1v) is 10.0. The van der Waals surface area contributed by atoms with E-state index < -0.39 is 0 Å². The zero-order chi connectivity index (χ0) is 17.6. The third-order valence-electron chi connectivity index (χ3n) is 5.91. The van der Waals surface area contributed by atoms with Gasteiger partial charge in [-0.25, -0.2) is 0 Å². The van der Waals surface area contributed by atoms with E-state index >= 15 is 0 Å². The summed E-state index contributed by atoms with van der Waals surface area (Å²) in [6.07, 6.45) is 11.0. The molecule has 25 heavy (non-hydrogen) atoms. The molecule has 0 bridgehead atoms.